The average molecular weight is 423 g/mol. The minimum atomic E-state index is -0.189. The number of benzene rings is 3. The molecule has 6 nitrogen and oxygen atoms in total. The van der Waals surface area contributed by atoms with Crippen molar-refractivity contribution >= 4 is 39.9 Å². The lowest BCUT2D eigenvalue weighted by Gasteiger charge is -2.32. The molecule has 158 valence electrons. The van der Waals surface area contributed by atoms with Crippen molar-refractivity contribution in [3.63, 3.8) is 0 Å². The number of hydrogen-bond donors (Lipinski definition) is 1. The third kappa shape index (κ3) is 3.41. The number of anilines is 3. The molecule has 0 aliphatic carbocycles. The lowest BCUT2D eigenvalue weighted by Crippen LogP contribution is -2.34. The highest BCUT2D eigenvalue weighted by Crippen LogP contribution is 2.41. The third-order valence-corrected chi connectivity index (χ3v) is 5.39. The normalized spacial score (nSPS) is 14.2. The van der Waals surface area contributed by atoms with E-state index in [1.54, 1.807) is 37.3 Å². The lowest BCUT2D eigenvalue weighted by atomic mass is 10.1. The molecule has 0 bridgehead atoms. The monoisotopic (exact) mass is 423 g/mol. The van der Waals surface area contributed by atoms with Crippen molar-refractivity contribution in [2.45, 2.75) is 0 Å². The number of nitrogens with zero attached hydrogens (tertiary/aromatic N) is 2. The van der Waals surface area contributed by atoms with Crippen molar-refractivity contribution in [3.05, 3.63) is 90.3 Å². The van der Waals surface area contributed by atoms with Gasteiger partial charge in [0.2, 0.25) is 0 Å². The van der Waals surface area contributed by atoms with Crippen LogP contribution in [-0.4, -0.2) is 25.1 Å². The second kappa shape index (κ2) is 8.07. The van der Waals surface area contributed by atoms with Gasteiger partial charge in [-0.1, -0.05) is 36.4 Å². The summed E-state index contributed by atoms with van der Waals surface area (Å²) in [6.07, 6.45) is 1.78. The van der Waals surface area contributed by atoms with Crippen LogP contribution in [0.3, 0.4) is 0 Å². The molecule has 4 aromatic rings. The van der Waals surface area contributed by atoms with Crippen molar-refractivity contribution in [3.8, 4) is 11.5 Å². The zero-order valence-corrected chi connectivity index (χ0v) is 17.7. The molecule has 0 unspecified atom stereocenters. The first-order valence-electron chi connectivity index (χ1n) is 10.2. The molecule has 0 saturated carbocycles. The molecule has 6 heteroatoms. The van der Waals surface area contributed by atoms with Crippen molar-refractivity contribution in [1.29, 1.82) is 0 Å². The number of fused-ring (bicyclic) bond motifs is 2. The highest BCUT2D eigenvalue weighted by atomic mass is 16.5. The van der Waals surface area contributed by atoms with E-state index in [1.807, 2.05) is 66.7 Å². The number of rotatable bonds is 4. The van der Waals surface area contributed by atoms with E-state index in [9.17, 15) is 4.79 Å². The maximum absolute atomic E-state index is 13.6. The Morgan fingerprint density at radius 1 is 0.875 bits per heavy atom. The molecule has 3 aromatic carbocycles. The highest BCUT2D eigenvalue weighted by molar-refractivity contribution is 6.18. The van der Waals surface area contributed by atoms with Crippen LogP contribution in [0.4, 0.5) is 17.1 Å². The van der Waals surface area contributed by atoms with Gasteiger partial charge in [0.05, 0.1) is 42.5 Å². The second-order valence-corrected chi connectivity index (χ2v) is 7.31. The summed E-state index contributed by atoms with van der Waals surface area (Å²) in [6.45, 7) is 0. The van der Waals surface area contributed by atoms with Crippen LogP contribution in [0, 0.1) is 0 Å². The van der Waals surface area contributed by atoms with E-state index in [0.717, 1.165) is 22.3 Å². The summed E-state index contributed by atoms with van der Waals surface area (Å²) in [5.74, 6) is 0.963. The third-order valence-electron chi connectivity index (χ3n) is 5.39. The molecular formula is C26H21N3O3. The quantitative estimate of drug-likeness (QED) is 0.446. The number of carbonyl (C=O) groups is 1. The van der Waals surface area contributed by atoms with Crippen LogP contribution < -0.4 is 19.7 Å². The summed E-state index contributed by atoms with van der Waals surface area (Å²) in [5, 5.41) is 4.32. The molecule has 1 N–H and O–H groups in total. The number of aromatic nitrogens is 1. The number of carbonyl (C=O) groups excluding carboxylic acids is 1. The molecule has 32 heavy (non-hydrogen) atoms. The Bertz CT molecular complexity index is 1360. The molecule has 0 atom stereocenters. The fourth-order valence-corrected chi connectivity index (χ4v) is 3.83. The minimum absolute atomic E-state index is 0.189. The average Bonchev–Trinajstić information content (AvgIpc) is 2.84. The molecule has 1 aromatic heterocycles. The van der Waals surface area contributed by atoms with E-state index < -0.39 is 0 Å². The van der Waals surface area contributed by atoms with Gasteiger partial charge in [-0.05, 0) is 42.5 Å². The molecule has 1 amide bonds. The number of pyridine rings is 1. The van der Waals surface area contributed by atoms with Crippen LogP contribution in [0.1, 0.15) is 5.69 Å². The first-order valence-corrected chi connectivity index (χ1v) is 10.2. The molecule has 5 rings (SSSR count). The summed E-state index contributed by atoms with van der Waals surface area (Å²) in [7, 11) is 3.16. The molecule has 2 heterocycles. The van der Waals surface area contributed by atoms with Crippen molar-refractivity contribution in [2.75, 3.05) is 24.4 Å². The summed E-state index contributed by atoms with van der Waals surface area (Å²) >= 11 is 0. The smallest absolute Gasteiger partial charge is 0.279 e. The Morgan fingerprint density at radius 3 is 2.50 bits per heavy atom. The van der Waals surface area contributed by atoms with E-state index >= 15 is 0 Å². The number of nitrogens with one attached hydrogen (secondary N) is 1. The Labute approximate surface area is 185 Å². The van der Waals surface area contributed by atoms with E-state index in [-0.39, 0.29) is 5.91 Å². The van der Waals surface area contributed by atoms with Crippen LogP contribution in [0.15, 0.2) is 84.6 Å². The van der Waals surface area contributed by atoms with Crippen LogP contribution in [-0.2, 0) is 4.79 Å². The molecule has 1 aliphatic heterocycles. The summed E-state index contributed by atoms with van der Waals surface area (Å²) in [6, 6.07) is 24.9. The van der Waals surface area contributed by atoms with Gasteiger partial charge in [0.1, 0.15) is 5.70 Å². The zero-order valence-electron chi connectivity index (χ0n) is 17.7. The SMILES string of the molecule is COc1ccc(N2C(=O)/C(=C/c3ccc4ccccc4n3)Nc3ccccc32)cc1OC. The van der Waals surface area contributed by atoms with E-state index in [0.29, 0.717) is 28.6 Å². The largest absolute Gasteiger partial charge is 0.493 e. The van der Waals surface area contributed by atoms with Crippen LogP contribution in [0.2, 0.25) is 0 Å². The molecular weight excluding hydrogens is 402 g/mol. The van der Waals surface area contributed by atoms with Gasteiger partial charge in [0.25, 0.3) is 5.91 Å². The van der Waals surface area contributed by atoms with Gasteiger partial charge in [0, 0.05) is 11.5 Å². The first kappa shape index (κ1) is 19.6. The number of ether oxygens (including phenoxy) is 2. The fourth-order valence-electron chi connectivity index (χ4n) is 3.83. The van der Waals surface area contributed by atoms with E-state index in [4.69, 9.17) is 9.47 Å². The van der Waals surface area contributed by atoms with Gasteiger partial charge in [-0.2, -0.15) is 0 Å². The molecule has 0 radical (unpaired) electrons. The predicted octanol–water partition coefficient (Wildman–Crippen LogP) is 5.38. The van der Waals surface area contributed by atoms with Gasteiger partial charge in [-0.25, -0.2) is 4.98 Å². The van der Waals surface area contributed by atoms with Gasteiger partial charge in [0.15, 0.2) is 11.5 Å². The highest BCUT2D eigenvalue weighted by Gasteiger charge is 2.30. The number of amides is 1. The number of hydrogen-bond acceptors (Lipinski definition) is 5. The Morgan fingerprint density at radius 2 is 1.66 bits per heavy atom. The maximum atomic E-state index is 13.6. The van der Waals surface area contributed by atoms with Crippen molar-refractivity contribution in [2.24, 2.45) is 0 Å². The standard InChI is InChI=1S/C26H21N3O3/c1-31-24-14-13-19(16-25(24)32-2)29-23-10-6-5-9-21(23)28-22(26(29)30)15-18-12-11-17-7-3-4-8-20(17)27-18/h3-16,28H,1-2H3/b22-15-. The Balaban J connectivity index is 1.61. The summed E-state index contributed by atoms with van der Waals surface area (Å²) in [5.41, 5.74) is 4.27. The van der Waals surface area contributed by atoms with Crippen molar-refractivity contribution in [1.82, 2.24) is 4.98 Å². The second-order valence-electron chi connectivity index (χ2n) is 7.31. The maximum Gasteiger partial charge on any atom is 0.279 e. The minimum Gasteiger partial charge on any atom is -0.493 e. The number of methoxy groups -OCH3 is 2. The predicted molar refractivity (Wildman–Crippen MR) is 126 cm³/mol. The van der Waals surface area contributed by atoms with Gasteiger partial charge in [-0.15, -0.1) is 0 Å². The summed E-state index contributed by atoms with van der Waals surface area (Å²) < 4.78 is 10.8. The molecule has 1 aliphatic rings. The first-order chi connectivity index (χ1) is 15.7. The zero-order chi connectivity index (χ0) is 22.1. The molecule has 0 fully saturated rings. The Hall–Kier alpha value is -4.32. The molecule has 0 saturated heterocycles. The summed E-state index contributed by atoms with van der Waals surface area (Å²) in [4.78, 5) is 20.0. The lowest BCUT2D eigenvalue weighted by molar-refractivity contribution is -0.114. The van der Waals surface area contributed by atoms with E-state index in [1.165, 1.54) is 0 Å². The van der Waals surface area contributed by atoms with E-state index in [2.05, 4.69) is 10.3 Å². The fraction of sp³-hybridized carbons (Fsp3) is 0.0769. The van der Waals surface area contributed by atoms with Crippen LogP contribution >= 0.6 is 0 Å². The van der Waals surface area contributed by atoms with Crippen molar-refractivity contribution < 1.29 is 14.3 Å². The molecule has 0 spiro atoms. The van der Waals surface area contributed by atoms with Crippen LogP contribution in [0.25, 0.3) is 17.0 Å². The van der Waals surface area contributed by atoms with Gasteiger partial charge < -0.3 is 14.8 Å². The topological polar surface area (TPSA) is 63.7 Å². The van der Waals surface area contributed by atoms with Gasteiger partial charge >= 0.3 is 0 Å². The number of para-hydroxylation sites is 3. The van der Waals surface area contributed by atoms with Gasteiger partial charge in [-0.3, -0.25) is 9.69 Å². The Kier molecular flexibility index (Phi) is 4.95. The van der Waals surface area contributed by atoms with Crippen LogP contribution in [0.5, 0.6) is 11.5 Å².